The molecule has 2 fully saturated rings. The summed E-state index contributed by atoms with van der Waals surface area (Å²) in [5.74, 6) is -1.26. The van der Waals surface area contributed by atoms with Gasteiger partial charge in [0.15, 0.2) is 11.5 Å². The molecule has 3 rings (SSSR count). The van der Waals surface area contributed by atoms with Gasteiger partial charge in [-0.15, -0.1) is 0 Å². The van der Waals surface area contributed by atoms with Crippen LogP contribution in [0.2, 0.25) is 0 Å². The quantitative estimate of drug-likeness (QED) is 0.484. The molecule has 1 saturated heterocycles. The van der Waals surface area contributed by atoms with Crippen molar-refractivity contribution in [1.82, 2.24) is 0 Å². The Morgan fingerprint density at radius 3 is 2.17 bits per heavy atom. The lowest BCUT2D eigenvalue weighted by Crippen LogP contribution is -2.44. The highest BCUT2D eigenvalue weighted by atomic mass is 16.7. The first-order chi connectivity index (χ1) is 11.1. The summed E-state index contributed by atoms with van der Waals surface area (Å²) in [7, 11) is 3.05. The Bertz CT molecular complexity index is 648. The standard InChI is InChI=1S/C17H18O6/c1-20-13-6-5-11(10-14(13)21-2)9-12-15(18)22-17(23-16(12)19)7-3-4-8-17/h5-6,9-10H,3-4,7-8H2,1-2H3. The van der Waals surface area contributed by atoms with E-state index in [-0.39, 0.29) is 5.57 Å². The smallest absolute Gasteiger partial charge is 0.348 e. The van der Waals surface area contributed by atoms with Crippen LogP contribution >= 0.6 is 0 Å². The van der Waals surface area contributed by atoms with Crippen LogP contribution in [0.5, 0.6) is 11.5 Å². The summed E-state index contributed by atoms with van der Waals surface area (Å²) in [6.45, 7) is 0. The molecule has 2 aliphatic rings. The molecule has 1 saturated carbocycles. The average Bonchev–Trinajstić information content (AvgIpc) is 2.98. The fraction of sp³-hybridized carbons (Fsp3) is 0.412. The summed E-state index contributed by atoms with van der Waals surface area (Å²) in [5, 5.41) is 0. The molecule has 1 aliphatic carbocycles. The van der Waals surface area contributed by atoms with Gasteiger partial charge in [-0.3, -0.25) is 0 Å². The number of carbonyl (C=O) groups is 2. The molecule has 1 heterocycles. The van der Waals surface area contributed by atoms with Crippen LogP contribution in [0.25, 0.3) is 6.08 Å². The first kappa shape index (κ1) is 15.4. The van der Waals surface area contributed by atoms with E-state index in [2.05, 4.69) is 0 Å². The normalized spacial score (nSPS) is 19.3. The summed E-state index contributed by atoms with van der Waals surface area (Å²) >= 11 is 0. The zero-order valence-electron chi connectivity index (χ0n) is 13.1. The Hall–Kier alpha value is -2.50. The Labute approximate surface area is 134 Å². The van der Waals surface area contributed by atoms with Crippen molar-refractivity contribution < 1.29 is 28.5 Å². The molecule has 23 heavy (non-hydrogen) atoms. The zero-order valence-corrected chi connectivity index (χ0v) is 13.1. The van der Waals surface area contributed by atoms with Crippen molar-refractivity contribution in [2.75, 3.05) is 14.2 Å². The molecular weight excluding hydrogens is 300 g/mol. The topological polar surface area (TPSA) is 71.1 Å². The van der Waals surface area contributed by atoms with Crippen LogP contribution in [0.15, 0.2) is 23.8 Å². The van der Waals surface area contributed by atoms with Gasteiger partial charge in [-0.05, 0) is 36.6 Å². The predicted octanol–water partition coefficient (Wildman–Crippen LogP) is 2.46. The van der Waals surface area contributed by atoms with Crippen LogP contribution in [-0.2, 0) is 19.1 Å². The van der Waals surface area contributed by atoms with E-state index in [0.29, 0.717) is 29.9 Å². The van der Waals surface area contributed by atoms with E-state index in [4.69, 9.17) is 18.9 Å². The van der Waals surface area contributed by atoms with Gasteiger partial charge in [0.1, 0.15) is 5.57 Å². The maximum absolute atomic E-state index is 12.2. The summed E-state index contributed by atoms with van der Waals surface area (Å²) in [4.78, 5) is 24.4. The molecule has 0 radical (unpaired) electrons. The van der Waals surface area contributed by atoms with Crippen molar-refractivity contribution in [2.45, 2.75) is 31.5 Å². The molecule has 0 atom stereocenters. The maximum Gasteiger partial charge on any atom is 0.348 e. The zero-order chi connectivity index (χ0) is 16.4. The van der Waals surface area contributed by atoms with Gasteiger partial charge < -0.3 is 18.9 Å². The SMILES string of the molecule is COc1ccc(C=C2C(=O)OC3(CCCC3)OC2=O)cc1OC. The lowest BCUT2D eigenvalue weighted by Gasteiger charge is -2.32. The van der Waals surface area contributed by atoms with Crippen molar-refractivity contribution in [3.05, 3.63) is 29.3 Å². The summed E-state index contributed by atoms with van der Waals surface area (Å²) in [5.41, 5.74) is 0.503. The van der Waals surface area contributed by atoms with Crippen LogP contribution in [0.4, 0.5) is 0 Å². The van der Waals surface area contributed by atoms with Crippen molar-refractivity contribution in [3.63, 3.8) is 0 Å². The van der Waals surface area contributed by atoms with Gasteiger partial charge in [0, 0.05) is 12.8 Å². The number of hydrogen-bond acceptors (Lipinski definition) is 6. The van der Waals surface area contributed by atoms with Gasteiger partial charge in [-0.1, -0.05) is 6.07 Å². The average molecular weight is 318 g/mol. The maximum atomic E-state index is 12.2. The van der Waals surface area contributed by atoms with E-state index in [1.165, 1.54) is 20.3 Å². The molecule has 6 nitrogen and oxygen atoms in total. The van der Waals surface area contributed by atoms with Crippen LogP contribution < -0.4 is 9.47 Å². The van der Waals surface area contributed by atoms with Crippen LogP contribution in [0, 0.1) is 0 Å². The lowest BCUT2D eigenvalue weighted by atomic mass is 10.1. The van der Waals surface area contributed by atoms with Crippen LogP contribution in [0.3, 0.4) is 0 Å². The molecule has 0 aromatic heterocycles. The first-order valence-electron chi connectivity index (χ1n) is 7.47. The summed E-state index contributed by atoms with van der Waals surface area (Å²) in [6.07, 6.45) is 4.33. The highest BCUT2D eigenvalue weighted by Gasteiger charge is 2.47. The van der Waals surface area contributed by atoms with E-state index < -0.39 is 17.7 Å². The molecule has 1 aromatic carbocycles. The summed E-state index contributed by atoms with van der Waals surface area (Å²) < 4.78 is 21.1. The number of ether oxygens (including phenoxy) is 4. The predicted molar refractivity (Wildman–Crippen MR) is 80.9 cm³/mol. The van der Waals surface area contributed by atoms with Gasteiger partial charge in [0.05, 0.1) is 14.2 Å². The number of methoxy groups -OCH3 is 2. The molecule has 122 valence electrons. The van der Waals surface area contributed by atoms with E-state index >= 15 is 0 Å². The van der Waals surface area contributed by atoms with Crippen LogP contribution in [-0.4, -0.2) is 31.9 Å². The largest absolute Gasteiger partial charge is 0.493 e. The Morgan fingerprint density at radius 1 is 1.00 bits per heavy atom. The second-order valence-corrected chi connectivity index (χ2v) is 5.57. The van der Waals surface area contributed by atoms with E-state index in [1.54, 1.807) is 18.2 Å². The van der Waals surface area contributed by atoms with E-state index in [0.717, 1.165) is 12.8 Å². The molecule has 0 N–H and O–H groups in total. The molecule has 0 amide bonds. The van der Waals surface area contributed by atoms with Crippen molar-refractivity contribution in [2.24, 2.45) is 0 Å². The molecule has 1 spiro atoms. The molecule has 1 aromatic rings. The van der Waals surface area contributed by atoms with Crippen LogP contribution in [0.1, 0.15) is 31.2 Å². The minimum Gasteiger partial charge on any atom is -0.493 e. The van der Waals surface area contributed by atoms with Crippen molar-refractivity contribution in [1.29, 1.82) is 0 Å². The second-order valence-electron chi connectivity index (χ2n) is 5.57. The molecule has 6 heteroatoms. The molecule has 0 bridgehead atoms. The van der Waals surface area contributed by atoms with Gasteiger partial charge in [0.25, 0.3) is 5.79 Å². The van der Waals surface area contributed by atoms with E-state index in [9.17, 15) is 9.59 Å². The first-order valence-corrected chi connectivity index (χ1v) is 7.47. The highest BCUT2D eigenvalue weighted by molar-refractivity contribution is 6.18. The van der Waals surface area contributed by atoms with Gasteiger partial charge in [-0.2, -0.15) is 0 Å². The third kappa shape index (κ3) is 2.88. The van der Waals surface area contributed by atoms with Crippen molar-refractivity contribution in [3.8, 4) is 11.5 Å². The Morgan fingerprint density at radius 2 is 1.61 bits per heavy atom. The van der Waals surface area contributed by atoms with Gasteiger partial charge >= 0.3 is 11.9 Å². The molecule has 0 unspecified atom stereocenters. The number of rotatable bonds is 3. The minimum absolute atomic E-state index is 0.116. The third-order valence-electron chi connectivity index (χ3n) is 4.08. The Kier molecular flexibility index (Phi) is 3.98. The highest BCUT2D eigenvalue weighted by Crippen LogP contribution is 2.39. The minimum atomic E-state index is -1.05. The van der Waals surface area contributed by atoms with Gasteiger partial charge in [-0.25, -0.2) is 9.59 Å². The molecule has 1 aliphatic heterocycles. The fourth-order valence-electron chi connectivity index (χ4n) is 2.90. The number of hydrogen-bond donors (Lipinski definition) is 0. The number of benzene rings is 1. The Balaban J connectivity index is 1.88. The fourth-order valence-corrected chi connectivity index (χ4v) is 2.90. The second kappa shape index (κ2) is 5.95. The van der Waals surface area contributed by atoms with Crippen molar-refractivity contribution >= 4 is 18.0 Å². The van der Waals surface area contributed by atoms with Gasteiger partial charge in [0.2, 0.25) is 0 Å². The number of carbonyl (C=O) groups excluding carboxylic acids is 2. The summed E-state index contributed by atoms with van der Waals surface area (Å²) in [6, 6.07) is 5.09. The lowest BCUT2D eigenvalue weighted by molar-refractivity contribution is -0.232. The monoisotopic (exact) mass is 318 g/mol. The number of esters is 2. The molecular formula is C17H18O6. The van der Waals surface area contributed by atoms with E-state index in [1.807, 2.05) is 0 Å². The third-order valence-corrected chi connectivity index (χ3v) is 4.08.